The Labute approximate surface area is 113 Å². The Balaban J connectivity index is 2.46. The molecular formula is C13H21IN2. The molecule has 3 heteroatoms. The summed E-state index contributed by atoms with van der Waals surface area (Å²) in [7, 11) is 6.29. The van der Waals surface area contributed by atoms with Gasteiger partial charge in [-0.15, -0.1) is 0 Å². The molecule has 0 saturated heterocycles. The summed E-state index contributed by atoms with van der Waals surface area (Å²) in [4.78, 5) is 2.23. The SMILES string of the molecule is CNC(CCN(C)C)Cc1ccc(I)cc1. The summed E-state index contributed by atoms with van der Waals surface area (Å²) in [6.45, 7) is 1.13. The summed E-state index contributed by atoms with van der Waals surface area (Å²) in [5.74, 6) is 0. The van der Waals surface area contributed by atoms with Gasteiger partial charge < -0.3 is 10.2 Å². The lowest BCUT2D eigenvalue weighted by Gasteiger charge is -2.18. The molecule has 2 nitrogen and oxygen atoms in total. The number of halogens is 1. The largest absolute Gasteiger partial charge is 0.317 e. The molecule has 0 spiro atoms. The molecule has 0 aliphatic carbocycles. The van der Waals surface area contributed by atoms with E-state index in [9.17, 15) is 0 Å². The van der Waals surface area contributed by atoms with E-state index in [1.807, 2.05) is 7.05 Å². The number of likely N-dealkylation sites (N-methyl/N-ethyl adjacent to an activating group) is 1. The van der Waals surface area contributed by atoms with Gasteiger partial charge in [0, 0.05) is 9.61 Å². The van der Waals surface area contributed by atoms with Gasteiger partial charge in [0.2, 0.25) is 0 Å². The summed E-state index contributed by atoms with van der Waals surface area (Å²) in [6.07, 6.45) is 2.30. The minimum Gasteiger partial charge on any atom is -0.317 e. The number of hydrogen-bond acceptors (Lipinski definition) is 2. The van der Waals surface area contributed by atoms with Gasteiger partial charge in [0.25, 0.3) is 0 Å². The first-order valence-corrected chi connectivity index (χ1v) is 6.76. The van der Waals surface area contributed by atoms with Gasteiger partial charge in [-0.1, -0.05) is 12.1 Å². The van der Waals surface area contributed by atoms with Gasteiger partial charge in [-0.05, 0) is 80.8 Å². The van der Waals surface area contributed by atoms with Gasteiger partial charge in [0.15, 0.2) is 0 Å². The molecule has 0 bridgehead atoms. The van der Waals surface area contributed by atoms with E-state index >= 15 is 0 Å². The van der Waals surface area contributed by atoms with Gasteiger partial charge in [-0.2, -0.15) is 0 Å². The first-order valence-electron chi connectivity index (χ1n) is 5.68. The Morgan fingerprint density at radius 1 is 1.25 bits per heavy atom. The predicted octanol–water partition coefficient (Wildman–Crippen LogP) is 2.37. The fraction of sp³-hybridized carbons (Fsp3) is 0.538. The molecule has 1 unspecified atom stereocenters. The van der Waals surface area contributed by atoms with Crippen molar-refractivity contribution in [1.82, 2.24) is 10.2 Å². The molecule has 0 fully saturated rings. The second kappa shape index (κ2) is 7.25. The summed E-state index contributed by atoms with van der Waals surface area (Å²) in [5.41, 5.74) is 1.42. The van der Waals surface area contributed by atoms with Crippen molar-refractivity contribution < 1.29 is 0 Å². The molecule has 1 rings (SSSR count). The van der Waals surface area contributed by atoms with E-state index in [1.165, 1.54) is 15.6 Å². The third-order valence-electron chi connectivity index (χ3n) is 2.73. The number of nitrogens with one attached hydrogen (secondary N) is 1. The Bertz CT molecular complexity index is 295. The second-order valence-electron chi connectivity index (χ2n) is 4.41. The fourth-order valence-corrected chi connectivity index (χ4v) is 2.03. The predicted molar refractivity (Wildman–Crippen MR) is 78.9 cm³/mol. The second-order valence-corrected chi connectivity index (χ2v) is 5.65. The molecule has 1 aromatic carbocycles. The van der Waals surface area contributed by atoms with Gasteiger partial charge in [-0.3, -0.25) is 0 Å². The van der Waals surface area contributed by atoms with E-state index in [2.05, 4.69) is 71.2 Å². The quantitative estimate of drug-likeness (QED) is 0.805. The van der Waals surface area contributed by atoms with Crippen molar-refractivity contribution in [3.8, 4) is 0 Å². The van der Waals surface area contributed by atoms with Crippen LogP contribution in [-0.2, 0) is 6.42 Å². The molecule has 1 atom stereocenters. The van der Waals surface area contributed by atoms with Crippen LogP contribution in [-0.4, -0.2) is 38.6 Å². The molecule has 1 aromatic rings. The molecular weight excluding hydrogens is 311 g/mol. The highest BCUT2D eigenvalue weighted by atomic mass is 127. The topological polar surface area (TPSA) is 15.3 Å². The highest BCUT2D eigenvalue weighted by molar-refractivity contribution is 14.1. The van der Waals surface area contributed by atoms with Crippen molar-refractivity contribution >= 4 is 22.6 Å². The first kappa shape index (κ1) is 13.9. The number of hydrogen-bond donors (Lipinski definition) is 1. The maximum absolute atomic E-state index is 3.39. The van der Waals surface area contributed by atoms with Crippen molar-refractivity contribution in [3.05, 3.63) is 33.4 Å². The third kappa shape index (κ3) is 5.27. The van der Waals surface area contributed by atoms with Gasteiger partial charge in [-0.25, -0.2) is 0 Å². The highest BCUT2D eigenvalue weighted by Gasteiger charge is 2.07. The lowest BCUT2D eigenvalue weighted by Crippen LogP contribution is -2.31. The normalized spacial score (nSPS) is 13.1. The molecule has 0 heterocycles. The Morgan fingerprint density at radius 2 is 1.88 bits per heavy atom. The molecule has 0 aliphatic rings. The molecule has 0 aromatic heterocycles. The highest BCUT2D eigenvalue weighted by Crippen LogP contribution is 2.10. The summed E-state index contributed by atoms with van der Waals surface area (Å²) < 4.78 is 1.30. The zero-order valence-electron chi connectivity index (χ0n) is 10.3. The van der Waals surface area contributed by atoms with E-state index in [0.717, 1.165) is 13.0 Å². The average Bonchev–Trinajstić information content (AvgIpc) is 2.26. The molecule has 16 heavy (non-hydrogen) atoms. The van der Waals surface area contributed by atoms with Gasteiger partial charge in [0.05, 0.1) is 0 Å². The zero-order valence-corrected chi connectivity index (χ0v) is 12.5. The lowest BCUT2D eigenvalue weighted by molar-refractivity contribution is 0.364. The first-order chi connectivity index (χ1) is 7.61. The molecule has 0 saturated carbocycles. The molecule has 1 N–H and O–H groups in total. The van der Waals surface area contributed by atoms with Crippen LogP contribution in [0.3, 0.4) is 0 Å². The Morgan fingerprint density at radius 3 is 2.38 bits per heavy atom. The lowest BCUT2D eigenvalue weighted by atomic mass is 10.0. The van der Waals surface area contributed by atoms with Crippen LogP contribution in [0.5, 0.6) is 0 Å². The smallest absolute Gasteiger partial charge is 0.0130 e. The van der Waals surface area contributed by atoms with Crippen LogP contribution in [0.15, 0.2) is 24.3 Å². The van der Waals surface area contributed by atoms with Crippen LogP contribution in [0, 0.1) is 3.57 Å². The van der Waals surface area contributed by atoms with E-state index < -0.39 is 0 Å². The Hall–Kier alpha value is -0.130. The van der Waals surface area contributed by atoms with Crippen molar-refractivity contribution in [2.45, 2.75) is 18.9 Å². The fourth-order valence-electron chi connectivity index (χ4n) is 1.67. The average molecular weight is 332 g/mol. The van der Waals surface area contributed by atoms with Crippen LogP contribution in [0.25, 0.3) is 0 Å². The van der Waals surface area contributed by atoms with Gasteiger partial charge >= 0.3 is 0 Å². The van der Waals surface area contributed by atoms with Crippen LogP contribution in [0.1, 0.15) is 12.0 Å². The number of benzene rings is 1. The number of rotatable bonds is 6. The maximum Gasteiger partial charge on any atom is 0.0130 e. The number of nitrogens with zero attached hydrogens (tertiary/aromatic N) is 1. The van der Waals surface area contributed by atoms with Crippen molar-refractivity contribution in [2.24, 2.45) is 0 Å². The van der Waals surface area contributed by atoms with Crippen molar-refractivity contribution in [3.63, 3.8) is 0 Å². The van der Waals surface area contributed by atoms with Crippen LogP contribution >= 0.6 is 22.6 Å². The third-order valence-corrected chi connectivity index (χ3v) is 3.45. The monoisotopic (exact) mass is 332 g/mol. The van der Waals surface area contributed by atoms with Crippen molar-refractivity contribution in [1.29, 1.82) is 0 Å². The molecule has 0 aliphatic heterocycles. The minimum absolute atomic E-state index is 0.572. The standard InChI is InChI=1S/C13H21IN2/c1-15-13(8-9-16(2)3)10-11-4-6-12(14)7-5-11/h4-7,13,15H,8-10H2,1-3H3. The Kier molecular flexibility index (Phi) is 6.31. The summed E-state index contributed by atoms with van der Waals surface area (Å²) in [6, 6.07) is 9.37. The van der Waals surface area contributed by atoms with Gasteiger partial charge in [0.1, 0.15) is 0 Å². The van der Waals surface area contributed by atoms with Crippen molar-refractivity contribution in [2.75, 3.05) is 27.7 Å². The van der Waals surface area contributed by atoms with E-state index in [1.54, 1.807) is 0 Å². The van der Waals surface area contributed by atoms with E-state index in [4.69, 9.17) is 0 Å². The van der Waals surface area contributed by atoms with E-state index in [-0.39, 0.29) is 0 Å². The maximum atomic E-state index is 3.39. The molecule has 0 amide bonds. The molecule has 0 radical (unpaired) electrons. The summed E-state index contributed by atoms with van der Waals surface area (Å²) >= 11 is 2.34. The molecule has 90 valence electrons. The zero-order chi connectivity index (χ0) is 12.0. The van der Waals surface area contributed by atoms with E-state index in [0.29, 0.717) is 6.04 Å². The van der Waals surface area contributed by atoms with Crippen LogP contribution in [0.2, 0.25) is 0 Å². The summed E-state index contributed by atoms with van der Waals surface area (Å²) in [5, 5.41) is 3.39. The van der Waals surface area contributed by atoms with Crippen LogP contribution in [0.4, 0.5) is 0 Å². The minimum atomic E-state index is 0.572. The van der Waals surface area contributed by atoms with Crippen LogP contribution < -0.4 is 5.32 Å².